The molecule has 0 bridgehead atoms. The average Bonchev–Trinajstić information content (AvgIpc) is 2.39. The van der Waals surface area contributed by atoms with Crippen LogP contribution in [-0.4, -0.2) is 33.0 Å². The van der Waals surface area contributed by atoms with Gasteiger partial charge in [-0.1, -0.05) is 6.92 Å². The van der Waals surface area contributed by atoms with Crippen LogP contribution >= 0.6 is 11.8 Å². The second kappa shape index (κ2) is 7.77. The van der Waals surface area contributed by atoms with Crippen molar-refractivity contribution in [1.29, 1.82) is 0 Å². The van der Waals surface area contributed by atoms with Crippen molar-refractivity contribution in [3.05, 3.63) is 24.3 Å². The summed E-state index contributed by atoms with van der Waals surface area (Å²) < 4.78 is 26.8. The molecule has 0 heterocycles. The molecule has 4 nitrogen and oxygen atoms in total. The summed E-state index contributed by atoms with van der Waals surface area (Å²) in [5.41, 5.74) is 0.611. The lowest BCUT2D eigenvalue weighted by atomic mass is 10.3. The van der Waals surface area contributed by atoms with Gasteiger partial charge in [0.15, 0.2) is 0 Å². The van der Waals surface area contributed by atoms with Crippen LogP contribution in [0.1, 0.15) is 20.3 Å². The smallest absolute Gasteiger partial charge is 0.236 e. The van der Waals surface area contributed by atoms with Gasteiger partial charge >= 0.3 is 0 Å². The van der Waals surface area contributed by atoms with Crippen molar-refractivity contribution in [2.45, 2.75) is 30.4 Å². The molecule has 2 N–H and O–H groups in total. The zero-order valence-corrected chi connectivity index (χ0v) is 13.3. The van der Waals surface area contributed by atoms with Crippen molar-refractivity contribution >= 4 is 27.5 Å². The summed E-state index contributed by atoms with van der Waals surface area (Å²) in [5, 5.41) is 2.66. The molecule has 0 amide bonds. The summed E-state index contributed by atoms with van der Waals surface area (Å²) in [5.74, 6) is 0. The Labute approximate surface area is 120 Å². The lowest BCUT2D eigenvalue weighted by molar-refractivity contribution is 0.576. The Morgan fingerprint density at radius 1 is 1.26 bits per heavy atom. The molecule has 0 spiro atoms. The molecule has 0 radical (unpaired) electrons. The largest absolute Gasteiger partial charge is 0.315 e. The van der Waals surface area contributed by atoms with Gasteiger partial charge in [0.25, 0.3) is 0 Å². The first-order valence-electron chi connectivity index (χ1n) is 6.36. The van der Waals surface area contributed by atoms with Gasteiger partial charge in [-0.3, -0.25) is 4.72 Å². The Bertz CT molecular complexity index is 472. The van der Waals surface area contributed by atoms with Gasteiger partial charge in [0, 0.05) is 17.1 Å². The molecule has 1 rings (SSSR count). The van der Waals surface area contributed by atoms with Gasteiger partial charge in [-0.25, -0.2) is 8.42 Å². The highest BCUT2D eigenvalue weighted by molar-refractivity contribution is 7.98. The van der Waals surface area contributed by atoms with E-state index in [2.05, 4.69) is 17.0 Å². The average molecular weight is 302 g/mol. The van der Waals surface area contributed by atoms with Gasteiger partial charge in [-0.2, -0.15) is 0 Å². The second-order valence-electron chi connectivity index (χ2n) is 4.39. The molecule has 0 fully saturated rings. The molecule has 0 saturated carbocycles. The number of nitrogens with one attached hydrogen (secondary N) is 2. The predicted octanol–water partition coefficient (Wildman–Crippen LogP) is 2.54. The van der Waals surface area contributed by atoms with Gasteiger partial charge in [0.1, 0.15) is 0 Å². The van der Waals surface area contributed by atoms with Crippen molar-refractivity contribution in [2.75, 3.05) is 24.1 Å². The quantitative estimate of drug-likeness (QED) is 0.572. The van der Waals surface area contributed by atoms with Crippen LogP contribution in [-0.2, 0) is 10.0 Å². The van der Waals surface area contributed by atoms with E-state index in [4.69, 9.17) is 0 Å². The fraction of sp³-hybridized carbons (Fsp3) is 0.538. The van der Waals surface area contributed by atoms with E-state index < -0.39 is 15.3 Å². The molecular weight excluding hydrogens is 280 g/mol. The molecule has 0 aromatic heterocycles. The number of thioether (sulfide) groups is 1. The summed E-state index contributed by atoms with van der Waals surface area (Å²) in [6, 6.07) is 7.39. The topological polar surface area (TPSA) is 58.2 Å². The van der Waals surface area contributed by atoms with Crippen molar-refractivity contribution in [3.63, 3.8) is 0 Å². The van der Waals surface area contributed by atoms with Gasteiger partial charge in [-0.05, 0) is 50.4 Å². The van der Waals surface area contributed by atoms with E-state index in [9.17, 15) is 8.42 Å². The minimum atomic E-state index is -3.33. The van der Waals surface area contributed by atoms with Crippen LogP contribution in [0, 0.1) is 0 Å². The molecule has 1 atom stereocenters. The fourth-order valence-electron chi connectivity index (χ4n) is 1.52. The molecule has 0 aliphatic rings. The third-order valence-electron chi connectivity index (χ3n) is 2.74. The summed E-state index contributed by atoms with van der Waals surface area (Å²) in [4.78, 5) is 1.11. The molecule has 19 heavy (non-hydrogen) atoms. The highest BCUT2D eigenvalue weighted by atomic mass is 32.2. The van der Waals surface area contributed by atoms with E-state index in [1.165, 1.54) is 0 Å². The maximum absolute atomic E-state index is 12.1. The van der Waals surface area contributed by atoms with Crippen LogP contribution in [0.2, 0.25) is 0 Å². The van der Waals surface area contributed by atoms with Crippen LogP contribution in [0.25, 0.3) is 0 Å². The first-order valence-corrected chi connectivity index (χ1v) is 9.13. The highest BCUT2D eigenvalue weighted by Gasteiger charge is 2.19. The first kappa shape index (κ1) is 16.3. The third kappa shape index (κ3) is 5.42. The Morgan fingerprint density at radius 3 is 2.42 bits per heavy atom. The second-order valence-corrected chi connectivity index (χ2v) is 7.37. The van der Waals surface area contributed by atoms with Gasteiger partial charge in [0.2, 0.25) is 10.0 Å². The van der Waals surface area contributed by atoms with Gasteiger partial charge in [0.05, 0.1) is 5.25 Å². The lowest BCUT2D eigenvalue weighted by Gasteiger charge is -2.15. The maximum atomic E-state index is 12.1. The maximum Gasteiger partial charge on any atom is 0.236 e. The molecule has 1 unspecified atom stereocenters. The van der Waals surface area contributed by atoms with Crippen molar-refractivity contribution in [3.8, 4) is 0 Å². The minimum absolute atomic E-state index is 0.459. The van der Waals surface area contributed by atoms with Gasteiger partial charge in [-0.15, -0.1) is 11.8 Å². The van der Waals surface area contributed by atoms with Crippen molar-refractivity contribution < 1.29 is 8.42 Å². The van der Waals surface area contributed by atoms with Crippen LogP contribution in [0.15, 0.2) is 29.2 Å². The van der Waals surface area contributed by atoms with Crippen LogP contribution in [0.4, 0.5) is 5.69 Å². The summed E-state index contributed by atoms with van der Waals surface area (Å²) >= 11 is 1.63. The zero-order valence-electron chi connectivity index (χ0n) is 11.6. The Kier molecular flexibility index (Phi) is 6.68. The van der Waals surface area contributed by atoms with E-state index in [1.54, 1.807) is 30.8 Å². The molecule has 1 aromatic rings. The number of hydrogen-bond acceptors (Lipinski definition) is 4. The molecule has 1 aromatic carbocycles. The Balaban J connectivity index is 2.62. The highest BCUT2D eigenvalue weighted by Crippen LogP contribution is 2.18. The molecule has 0 aliphatic heterocycles. The summed E-state index contributed by atoms with van der Waals surface area (Å²) in [6.07, 6.45) is 2.98. The van der Waals surface area contributed by atoms with E-state index in [0.29, 0.717) is 12.2 Å². The van der Waals surface area contributed by atoms with Crippen molar-refractivity contribution in [1.82, 2.24) is 5.32 Å². The molecule has 6 heteroatoms. The van der Waals surface area contributed by atoms with Crippen LogP contribution < -0.4 is 10.0 Å². The van der Waals surface area contributed by atoms with Crippen LogP contribution in [0.5, 0.6) is 0 Å². The molecule has 108 valence electrons. The fourth-order valence-corrected chi connectivity index (χ4v) is 2.93. The number of anilines is 1. The zero-order chi connectivity index (χ0) is 14.3. The minimum Gasteiger partial charge on any atom is -0.315 e. The molecule has 0 saturated heterocycles. The van der Waals surface area contributed by atoms with E-state index in [0.717, 1.165) is 17.9 Å². The van der Waals surface area contributed by atoms with Crippen LogP contribution in [0.3, 0.4) is 0 Å². The van der Waals surface area contributed by atoms with E-state index in [-0.39, 0.29) is 0 Å². The Morgan fingerprint density at radius 2 is 1.89 bits per heavy atom. The van der Waals surface area contributed by atoms with E-state index in [1.807, 2.05) is 18.4 Å². The normalized spacial score (nSPS) is 13.2. The van der Waals surface area contributed by atoms with Gasteiger partial charge < -0.3 is 5.32 Å². The number of rotatable bonds is 8. The number of hydrogen-bond donors (Lipinski definition) is 2. The standard InChI is InChI=1S/C13H22N2O2S2/c1-4-9-14-10-11(2)19(16,17)15-12-5-7-13(18-3)8-6-12/h5-8,11,14-15H,4,9-10H2,1-3H3. The monoisotopic (exact) mass is 302 g/mol. The predicted molar refractivity (Wildman–Crippen MR) is 83.4 cm³/mol. The first-order chi connectivity index (χ1) is 8.99. The molecular formula is C13H22N2O2S2. The SMILES string of the molecule is CCCNCC(C)S(=O)(=O)Nc1ccc(SC)cc1. The lowest BCUT2D eigenvalue weighted by Crippen LogP contribution is -2.35. The van der Waals surface area contributed by atoms with E-state index >= 15 is 0 Å². The summed E-state index contributed by atoms with van der Waals surface area (Å²) in [6.45, 7) is 5.06. The van der Waals surface area contributed by atoms with Crippen molar-refractivity contribution in [2.24, 2.45) is 0 Å². The summed E-state index contributed by atoms with van der Waals surface area (Å²) in [7, 11) is -3.33. The number of sulfonamides is 1. The number of benzene rings is 1. The third-order valence-corrected chi connectivity index (χ3v) is 5.23. The molecule has 0 aliphatic carbocycles. The Hall–Kier alpha value is -0.720.